The number of ether oxygens (including phenoxy) is 1. The molecule has 8 heteroatoms. The first-order valence-electron chi connectivity index (χ1n) is 10.8. The molecule has 0 aliphatic carbocycles. The van der Waals surface area contributed by atoms with Gasteiger partial charge in [-0.1, -0.05) is 24.3 Å². The maximum absolute atomic E-state index is 13.7. The number of hydrogen-bond donors (Lipinski definition) is 1. The van der Waals surface area contributed by atoms with E-state index in [1.54, 1.807) is 53.7 Å². The largest absolute Gasteiger partial charge is 0.483 e. The maximum atomic E-state index is 13.7. The Hall–Kier alpha value is -3.78. The van der Waals surface area contributed by atoms with Gasteiger partial charge in [-0.3, -0.25) is 19.5 Å². The van der Waals surface area contributed by atoms with E-state index in [-0.39, 0.29) is 18.2 Å². The van der Waals surface area contributed by atoms with E-state index in [0.717, 1.165) is 19.6 Å². The summed E-state index contributed by atoms with van der Waals surface area (Å²) in [5.74, 6) is -0.842. The Morgan fingerprint density at radius 2 is 1.64 bits per heavy atom. The van der Waals surface area contributed by atoms with Crippen molar-refractivity contribution in [1.82, 2.24) is 14.8 Å². The van der Waals surface area contributed by atoms with Gasteiger partial charge in [0.25, 0.3) is 11.8 Å². The van der Waals surface area contributed by atoms with Crippen molar-refractivity contribution in [2.45, 2.75) is 6.54 Å². The van der Waals surface area contributed by atoms with E-state index in [9.17, 15) is 14.0 Å². The van der Waals surface area contributed by atoms with Crippen molar-refractivity contribution < 1.29 is 18.7 Å². The second kappa shape index (κ2) is 10.7. The number of rotatable bonds is 7. The zero-order valence-electron chi connectivity index (χ0n) is 18.1. The third-order valence-electron chi connectivity index (χ3n) is 5.44. The molecule has 33 heavy (non-hydrogen) atoms. The number of nitrogens with one attached hydrogen (secondary N) is 1. The van der Waals surface area contributed by atoms with Crippen molar-refractivity contribution in [1.29, 1.82) is 0 Å². The Labute approximate surface area is 191 Å². The summed E-state index contributed by atoms with van der Waals surface area (Å²) in [6.45, 7) is 3.22. The van der Waals surface area contributed by atoms with Crippen LogP contribution in [0.1, 0.15) is 15.9 Å². The number of hydrogen-bond acceptors (Lipinski definition) is 5. The topological polar surface area (TPSA) is 74.8 Å². The summed E-state index contributed by atoms with van der Waals surface area (Å²) in [4.78, 5) is 33.5. The third-order valence-corrected chi connectivity index (χ3v) is 5.44. The molecule has 4 rings (SSSR count). The molecular formula is C25H25FN4O3. The van der Waals surface area contributed by atoms with Crippen molar-refractivity contribution in [2.24, 2.45) is 0 Å². The average molecular weight is 448 g/mol. The highest BCUT2D eigenvalue weighted by atomic mass is 19.1. The van der Waals surface area contributed by atoms with Gasteiger partial charge in [-0.15, -0.1) is 0 Å². The second-order valence-electron chi connectivity index (χ2n) is 7.74. The number of anilines is 1. The van der Waals surface area contributed by atoms with E-state index in [4.69, 9.17) is 4.74 Å². The molecular weight excluding hydrogens is 423 g/mol. The van der Waals surface area contributed by atoms with E-state index in [1.165, 1.54) is 17.7 Å². The molecule has 2 aromatic carbocycles. The van der Waals surface area contributed by atoms with Gasteiger partial charge in [-0.2, -0.15) is 0 Å². The number of piperazine rings is 1. The van der Waals surface area contributed by atoms with Crippen molar-refractivity contribution in [2.75, 3.05) is 38.1 Å². The van der Waals surface area contributed by atoms with E-state index in [1.807, 2.05) is 12.1 Å². The van der Waals surface area contributed by atoms with Crippen LogP contribution >= 0.6 is 0 Å². The fourth-order valence-electron chi connectivity index (χ4n) is 3.69. The predicted octanol–water partition coefficient (Wildman–Crippen LogP) is 3.20. The molecule has 1 aromatic heterocycles. The van der Waals surface area contributed by atoms with Gasteiger partial charge in [0.05, 0.1) is 11.3 Å². The summed E-state index contributed by atoms with van der Waals surface area (Å²) in [5, 5.41) is 2.47. The van der Waals surface area contributed by atoms with Crippen molar-refractivity contribution in [3.8, 4) is 5.75 Å². The molecule has 0 unspecified atom stereocenters. The highest BCUT2D eigenvalue weighted by Gasteiger charge is 2.24. The molecule has 0 radical (unpaired) electrons. The van der Waals surface area contributed by atoms with Crippen LogP contribution in [0.15, 0.2) is 73.1 Å². The first-order chi connectivity index (χ1) is 16.1. The van der Waals surface area contributed by atoms with E-state index in [0.29, 0.717) is 24.4 Å². The fourth-order valence-corrected chi connectivity index (χ4v) is 3.69. The van der Waals surface area contributed by atoms with Gasteiger partial charge in [0, 0.05) is 45.1 Å². The Bertz CT molecular complexity index is 1100. The number of aromatic nitrogens is 1. The van der Waals surface area contributed by atoms with Gasteiger partial charge >= 0.3 is 0 Å². The monoisotopic (exact) mass is 448 g/mol. The normalized spacial score (nSPS) is 14.0. The van der Waals surface area contributed by atoms with Gasteiger partial charge in [0.15, 0.2) is 6.61 Å². The van der Waals surface area contributed by atoms with Gasteiger partial charge < -0.3 is 15.0 Å². The third kappa shape index (κ3) is 5.93. The molecule has 0 atom stereocenters. The van der Waals surface area contributed by atoms with Crippen LogP contribution in [0, 0.1) is 5.82 Å². The van der Waals surface area contributed by atoms with Gasteiger partial charge in [0.2, 0.25) is 0 Å². The van der Waals surface area contributed by atoms with Crippen LogP contribution in [0.25, 0.3) is 0 Å². The zero-order chi connectivity index (χ0) is 23.0. The zero-order valence-corrected chi connectivity index (χ0v) is 18.1. The Morgan fingerprint density at radius 3 is 2.39 bits per heavy atom. The summed E-state index contributed by atoms with van der Waals surface area (Å²) in [6.07, 6.45) is 3.56. The molecule has 3 aromatic rings. The van der Waals surface area contributed by atoms with Gasteiger partial charge in [-0.05, 0) is 42.0 Å². The minimum atomic E-state index is -0.524. The van der Waals surface area contributed by atoms with Crippen molar-refractivity contribution in [3.63, 3.8) is 0 Å². The molecule has 170 valence electrons. The van der Waals surface area contributed by atoms with Gasteiger partial charge in [0.1, 0.15) is 11.6 Å². The van der Waals surface area contributed by atoms with E-state index >= 15 is 0 Å². The molecule has 7 nitrogen and oxygen atoms in total. The minimum Gasteiger partial charge on any atom is -0.483 e. The average Bonchev–Trinajstić information content (AvgIpc) is 2.85. The Balaban J connectivity index is 1.32. The summed E-state index contributed by atoms with van der Waals surface area (Å²) < 4.78 is 19.4. The summed E-state index contributed by atoms with van der Waals surface area (Å²) >= 11 is 0. The molecule has 1 aliphatic rings. The molecule has 2 amide bonds. The Kier molecular flexibility index (Phi) is 7.26. The van der Waals surface area contributed by atoms with Crippen LogP contribution in [0.2, 0.25) is 0 Å². The second-order valence-corrected chi connectivity index (χ2v) is 7.74. The molecule has 0 spiro atoms. The first-order valence-corrected chi connectivity index (χ1v) is 10.8. The number of carbonyl (C=O) groups excluding carboxylic acids is 2. The SMILES string of the molecule is O=C(COc1ccccc1C(=O)N1CCN(Cc2ccncc2)CC1)Nc1ccccc1F. The highest BCUT2D eigenvalue weighted by molar-refractivity contribution is 5.97. The summed E-state index contributed by atoms with van der Waals surface area (Å²) in [5.41, 5.74) is 1.68. The quantitative estimate of drug-likeness (QED) is 0.601. The fraction of sp³-hybridized carbons (Fsp3) is 0.240. The molecule has 0 bridgehead atoms. The predicted molar refractivity (Wildman–Crippen MR) is 122 cm³/mol. The lowest BCUT2D eigenvalue weighted by molar-refractivity contribution is -0.118. The molecule has 0 saturated carbocycles. The number of nitrogens with zero attached hydrogens (tertiary/aromatic N) is 3. The molecule has 1 saturated heterocycles. The van der Waals surface area contributed by atoms with Crippen molar-refractivity contribution >= 4 is 17.5 Å². The number of halogens is 1. The van der Waals surface area contributed by atoms with Crippen LogP contribution in [-0.2, 0) is 11.3 Å². The van der Waals surface area contributed by atoms with E-state index in [2.05, 4.69) is 15.2 Å². The number of para-hydroxylation sites is 2. The van der Waals surface area contributed by atoms with E-state index < -0.39 is 11.7 Å². The van der Waals surface area contributed by atoms with Crippen LogP contribution in [0.4, 0.5) is 10.1 Å². The van der Waals surface area contributed by atoms with Gasteiger partial charge in [-0.25, -0.2) is 4.39 Å². The maximum Gasteiger partial charge on any atom is 0.262 e. The Morgan fingerprint density at radius 1 is 0.939 bits per heavy atom. The molecule has 1 fully saturated rings. The lowest BCUT2D eigenvalue weighted by Gasteiger charge is -2.35. The number of carbonyl (C=O) groups is 2. The van der Waals surface area contributed by atoms with Crippen LogP contribution in [0.5, 0.6) is 5.75 Å². The number of amides is 2. The first kappa shape index (κ1) is 22.4. The highest BCUT2D eigenvalue weighted by Crippen LogP contribution is 2.21. The number of benzene rings is 2. The standard InChI is InChI=1S/C25H25FN4O3/c26-21-6-2-3-7-22(21)28-24(31)18-33-23-8-4-1-5-20(23)25(32)30-15-13-29(14-16-30)17-19-9-11-27-12-10-19/h1-12H,13-18H2,(H,28,31). The minimum absolute atomic E-state index is 0.0834. The molecule has 2 heterocycles. The lowest BCUT2D eigenvalue weighted by Crippen LogP contribution is -2.48. The summed E-state index contributed by atoms with van der Waals surface area (Å²) in [6, 6.07) is 16.7. The summed E-state index contributed by atoms with van der Waals surface area (Å²) in [7, 11) is 0. The molecule has 1 N–H and O–H groups in total. The van der Waals surface area contributed by atoms with Crippen LogP contribution < -0.4 is 10.1 Å². The molecule has 1 aliphatic heterocycles. The van der Waals surface area contributed by atoms with Crippen molar-refractivity contribution in [3.05, 3.63) is 90.0 Å². The van der Waals surface area contributed by atoms with Crippen LogP contribution in [0.3, 0.4) is 0 Å². The lowest BCUT2D eigenvalue weighted by atomic mass is 10.1. The smallest absolute Gasteiger partial charge is 0.262 e. The number of pyridine rings is 1. The van der Waals surface area contributed by atoms with Crippen LogP contribution in [-0.4, -0.2) is 59.4 Å².